The van der Waals surface area contributed by atoms with E-state index < -0.39 is 4.92 Å². The van der Waals surface area contributed by atoms with Gasteiger partial charge in [0.25, 0.3) is 5.69 Å². The summed E-state index contributed by atoms with van der Waals surface area (Å²) in [6.45, 7) is 5.13. The predicted molar refractivity (Wildman–Crippen MR) is 69.7 cm³/mol. The van der Waals surface area contributed by atoms with Gasteiger partial charge in [0.05, 0.1) is 24.7 Å². The van der Waals surface area contributed by atoms with Crippen LogP contribution in [0.25, 0.3) is 0 Å². The molecule has 1 aliphatic rings. The molecule has 0 unspecified atom stereocenters. The first-order valence-corrected chi connectivity index (χ1v) is 6.32. The number of aromatic nitrogens is 1. The summed E-state index contributed by atoms with van der Waals surface area (Å²) in [6, 6.07) is 1.52. The Balaban J connectivity index is 2.28. The van der Waals surface area contributed by atoms with Gasteiger partial charge in [-0.05, 0) is 6.42 Å². The van der Waals surface area contributed by atoms with Crippen molar-refractivity contribution in [1.29, 1.82) is 0 Å². The number of ether oxygens (including phenoxy) is 2. The molecule has 0 radical (unpaired) electrons. The van der Waals surface area contributed by atoms with Gasteiger partial charge >= 0.3 is 0 Å². The number of hydrogen-bond acceptors (Lipinski definition) is 6. The number of morpholine rings is 1. The molecule has 1 fully saturated rings. The Bertz CT molecular complexity index is 447. The van der Waals surface area contributed by atoms with Gasteiger partial charge in [-0.2, -0.15) is 0 Å². The quantitative estimate of drug-likeness (QED) is 0.596. The van der Waals surface area contributed by atoms with Gasteiger partial charge in [0, 0.05) is 19.2 Å². The average Bonchev–Trinajstić information content (AvgIpc) is 2.45. The van der Waals surface area contributed by atoms with Crippen molar-refractivity contribution >= 4 is 11.4 Å². The number of rotatable bonds is 5. The van der Waals surface area contributed by atoms with Crippen LogP contribution in [0.5, 0.6) is 5.88 Å². The minimum atomic E-state index is -0.444. The van der Waals surface area contributed by atoms with Crippen LogP contribution in [0.2, 0.25) is 0 Å². The average molecular weight is 267 g/mol. The van der Waals surface area contributed by atoms with Crippen LogP contribution >= 0.6 is 0 Å². The van der Waals surface area contributed by atoms with Gasteiger partial charge in [-0.15, -0.1) is 0 Å². The maximum atomic E-state index is 10.8. The molecule has 0 atom stereocenters. The lowest BCUT2D eigenvalue weighted by Gasteiger charge is -2.29. The van der Waals surface area contributed by atoms with Crippen molar-refractivity contribution in [2.45, 2.75) is 13.3 Å². The second-order valence-electron chi connectivity index (χ2n) is 4.22. The van der Waals surface area contributed by atoms with E-state index in [4.69, 9.17) is 9.47 Å². The fraction of sp³-hybridized carbons (Fsp3) is 0.583. The highest BCUT2D eigenvalue weighted by molar-refractivity contribution is 5.59. The Kier molecular flexibility index (Phi) is 4.51. The highest BCUT2D eigenvalue weighted by Crippen LogP contribution is 2.30. The molecule has 7 nitrogen and oxygen atoms in total. The minimum Gasteiger partial charge on any atom is -0.476 e. The molecule has 0 saturated carbocycles. The summed E-state index contributed by atoms with van der Waals surface area (Å²) in [5, 5.41) is 10.8. The zero-order valence-electron chi connectivity index (χ0n) is 10.9. The summed E-state index contributed by atoms with van der Waals surface area (Å²) in [5.74, 6) is 0.453. The Labute approximate surface area is 111 Å². The highest BCUT2D eigenvalue weighted by atomic mass is 16.6. The molecule has 2 heterocycles. The van der Waals surface area contributed by atoms with Gasteiger partial charge in [-0.3, -0.25) is 10.1 Å². The molecule has 2 rings (SSSR count). The van der Waals surface area contributed by atoms with E-state index >= 15 is 0 Å². The van der Waals surface area contributed by atoms with Gasteiger partial charge < -0.3 is 14.4 Å². The molecule has 0 bridgehead atoms. The van der Waals surface area contributed by atoms with Crippen molar-refractivity contribution < 1.29 is 14.4 Å². The number of nitrogens with zero attached hydrogens (tertiary/aromatic N) is 3. The van der Waals surface area contributed by atoms with E-state index in [1.807, 2.05) is 11.8 Å². The van der Waals surface area contributed by atoms with E-state index in [0.717, 1.165) is 6.42 Å². The van der Waals surface area contributed by atoms with Crippen molar-refractivity contribution in [1.82, 2.24) is 4.98 Å². The second-order valence-corrected chi connectivity index (χ2v) is 4.22. The molecule has 1 aromatic rings. The fourth-order valence-electron chi connectivity index (χ4n) is 1.87. The number of nitro groups is 1. The topological polar surface area (TPSA) is 77.7 Å². The Morgan fingerprint density at radius 3 is 2.89 bits per heavy atom. The fourth-order valence-corrected chi connectivity index (χ4v) is 1.87. The maximum Gasteiger partial charge on any atom is 0.289 e. The zero-order chi connectivity index (χ0) is 13.7. The van der Waals surface area contributed by atoms with Gasteiger partial charge in [-0.1, -0.05) is 6.92 Å². The summed E-state index contributed by atoms with van der Waals surface area (Å²) in [6.07, 6.45) is 2.09. The molecule has 1 aromatic heterocycles. The zero-order valence-corrected chi connectivity index (χ0v) is 10.9. The van der Waals surface area contributed by atoms with Crippen LogP contribution < -0.4 is 9.64 Å². The van der Waals surface area contributed by atoms with E-state index in [0.29, 0.717) is 44.5 Å². The van der Waals surface area contributed by atoms with Gasteiger partial charge in [0.2, 0.25) is 5.88 Å². The van der Waals surface area contributed by atoms with Crippen molar-refractivity contribution in [3.63, 3.8) is 0 Å². The van der Waals surface area contributed by atoms with Gasteiger partial charge in [0.15, 0.2) is 0 Å². The van der Waals surface area contributed by atoms with Crippen LogP contribution in [0.4, 0.5) is 11.4 Å². The van der Waals surface area contributed by atoms with E-state index in [1.165, 1.54) is 12.3 Å². The lowest BCUT2D eigenvalue weighted by molar-refractivity contribution is -0.385. The van der Waals surface area contributed by atoms with E-state index in [-0.39, 0.29) is 5.69 Å². The lowest BCUT2D eigenvalue weighted by atomic mass is 10.3. The Morgan fingerprint density at radius 1 is 1.53 bits per heavy atom. The van der Waals surface area contributed by atoms with Crippen LogP contribution in [0.1, 0.15) is 13.3 Å². The SMILES string of the molecule is CCCOc1ncc([N+](=O)[O-])cc1N1CCOCC1. The summed E-state index contributed by atoms with van der Waals surface area (Å²) in [5.41, 5.74) is 0.649. The van der Waals surface area contributed by atoms with Crippen LogP contribution in [0, 0.1) is 10.1 Å². The third-order valence-corrected chi connectivity index (χ3v) is 2.82. The Morgan fingerprint density at radius 2 is 2.26 bits per heavy atom. The summed E-state index contributed by atoms with van der Waals surface area (Å²) < 4.78 is 10.8. The van der Waals surface area contributed by atoms with Crippen molar-refractivity contribution in [2.24, 2.45) is 0 Å². The minimum absolute atomic E-state index is 0.0228. The highest BCUT2D eigenvalue weighted by Gasteiger charge is 2.20. The molecule has 1 saturated heterocycles. The second kappa shape index (κ2) is 6.33. The molecule has 1 aliphatic heterocycles. The largest absolute Gasteiger partial charge is 0.476 e. The molecule has 0 amide bonds. The smallest absolute Gasteiger partial charge is 0.289 e. The maximum absolute atomic E-state index is 10.8. The van der Waals surface area contributed by atoms with Crippen LogP contribution in [-0.4, -0.2) is 42.8 Å². The predicted octanol–water partition coefficient (Wildman–Crippen LogP) is 1.62. The van der Waals surface area contributed by atoms with E-state index in [9.17, 15) is 10.1 Å². The molecular weight excluding hydrogens is 250 g/mol. The van der Waals surface area contributed by atoms with Gasteiger partial charge in [0.1, 0.15) is 11.9 Å². The van der Waals surface area contributed by atoms with Crippen LogP contribution in [0.3, 0.4) is 0 Å². The number of pyridine rings is 1. The third kappa shape index (κ3) is 3.31. The molecule has 0 spiro atoms. The molecule has 7 heteroatoms. The van der Waals surface area contributed by atoms with E-state index in [1.54, 1.807) is 0 Å². The first kappa shape index (κ1) is 13.5. The first-order valence-electron chi connectivity index (χ1n) is 6.32. The summed E-state index contributed by atoms with van der Waals surface area (Å²) >= 11 is 0. The molecule has 104 valence electrons. The molecule has 0 N–H and O–H groups in total. The number of anilines is 1. The molecule has 0 aliphatic carbocycles. The standard InChI is InChI=1S/C12H17N3O4/c1-2-5-19-12-11(14-3-6-18-7-4-14)8-10(9-13-12)15(16)17/h8-9H,2-7H2,1H3. The van der Waals surface area contributed by atoms with Gasteiger partial charge in [-0.25, -0.2) is 4.98 Å². The third-order valence-electron chi connectivity index (χ3n) is 2.82. The number of hydrogen-bond donors (Lipinski definition) is 0. The monoisotopic (exact) mass is 267 g/mol. The Hall–Kier alpha value is -1.89. The molecular formula is C12H17N3O4. The van der Waals surface area contributed by atoms with Crippen molar-refractivity contribution in [2.75, 3.05) is 37.8 Å². The summed E-state index contributed by atoms with van der Waals surface area (Å²) in [7, 11) is 0. The molecule has 0 aromatic carbocycles. The first-order chi connectivity index (χ1) is 9.22. The van der Waals surface area contributed by atoms with Crippen molar-refractivity contribution in [3.05, 3.63) is 22.4 Å². The molecule has 19 heavy (non-hydrogen) atoms. The van der Waals surface area contributed by atoms with Crippen molar-refractivity contribution in [3.8, 4) is 5.88 Å². The van der Waals surface area contributed by atoms with Crippen LogP contribution in [-0.2, 0) is 4.74 Å². The summed E-state index contributed by atoms with van der Waals surface area (Å²) in [4.78, 5) is 16.5. The normalized spacial score (nSPS) is 15.3. The van der Waals surface area contributed by atoms with Crippen LogP contribution in [0.15, 0.2) is 12.3 Å². The lowest BCUT2D eigenvalue weighted by Crippen LogP contribution is -2.36. The van der Waals surface area contributed by atoms with E-state index in [2.05, 4.69) is 4.98 Å².